The van der Waals surface area contributed by atoms with Gasteiger partial charge in [-0.2, -0.15) is 12.6 Å². The van der Waals surface area contributed by atoms with Gasteiger partial charge in [0.25, 0.3) is 0 Å². The maximum atomic E-state index is 4.19. The third kappa shape index (κ3) is 3.41. The fourth-order valence-electron chi connectivity index (χ4n) is 2.48. The van der Waals surface area contributed by atoms with Gasteiger partial charge in [-0.15, -0.1) is 0 Å². The molecule has 0 aliphatic heterocycles. The zero-order valence-electron chi connectivity index (χ0n) is 12.8. The van der Waals surface area contributed by atoms with Gasteiger partial charge >= 0.3 is 0 Å². The summed E-state index contributed by atoms with van der Waals surface area (Å²) < 4.78 is 0. The van der Waals surface area contributed by atoms with Crippen molar-refractivity contribution in [1.82, 2.24) is 0 Å². The first-order valence-electron chi connectivity index (χ1n) is 6.53. The van der Waals surface area contributed by atoms with E-state index in [0.29, 0.717) is 0 Å². The van der Waals surface area contributed by atoms with Crippen LogP contribution in [0, 0.1) is 6.92 Å². The van der Waals surface area contributed by atoms with Gasteiger partial charge in [0.1, 0.15) is 0 Å². The molecule has 0 amide bonds. The lowest BCUT2D eigenvalue weighted by Gasteiger charge is -2.29. The van der Waals surface area contributed by atoms with Crippen LogP contribution >= 0.6 is 12.6 Å². The van der Waals surface area contributed by atoms with Crippen molar-refractivity contribution in [3.8, 4) is 0 Å². The van der Waals surface area contributed by atoms with Crippen molar-refractivity contribution in [1.29, 1.82) is 0 Å². The van der Waals surface area contributed by atoms with Gasteiger partial charge in [-0.3, -0.25) is 0 Å². The SMILES string of the molecule is Cc1c(C(C)(C)C)cc(C=CS)cc1C(C)(C)C. The molecule has 100 valence electrons. The first kappa shape index (κ1) is 15.4. The van der Waals surface area contributed by atoms with E-state index >= 15 is 0 Å². The van der Waals surface area contributed by atoms with Crippen LogP contribution in [-0.2, 0) is 10.8 Å². The first-order valence-corrected chi connectivity index (χ1v) is 7.05. The summed E-state index contributed by atoms with van der Waals surface area (Å²) in [5, 5.41) is 1.81. The highest BCUT2D eigenvalue weighted by Gasteiger charge is 2.23. The van der Waals surface area contributed by atoms with Crippen molar-refractivity contribution in [3.63, 3.8) is 0 Å². The van der Waals surface area contributed by atoms with E-state index in [0.717, 1.165) is 0 Å². The molecule has 0 bridgehead atoms. The van der Waals surface area contributed by atoms with Crippen LogP contribution < -0.4 is 0 Å². The molecule has 0 saturated heterocycles. The monoisotopic (exact) mass is 262 g/mol. The summed E-state index contributed by atoms with van der Waals surface area (Å²) in [5.74, 6) is 0. The fourth-order valence-corrected chi connectivity index (χ4v) is 2.65. The minimum Gasteiger partial charge on any atom is -0.151 e. The average Bonchev–Trinajstić information content (AvgIpc) is 2.17. The summed E-state index contributed by atoms with van der Waals surface area (Å²) in [4.78, 5) is 0. The normalized spacial score (nSPS) is 13.3. The molecule has 0 atom stereocenters. The molecule has 0 aromatic heterocycles. The molecule has 0 radical (unpaired) electrons. The van der Waals surface area contributed by atoms with Crippen molar-refractivity contribution in [3.05, 3.63) is 39.8 Å². The van der Waals surface area contributed by atoms with E-state index in [2.05, 4.69) is 79.3 Å². The summed E-state index contributed by atoms with van der Waals surface area (Å²) >= 11 is 4.19. The smallest absolute Gasteiger partial charge is 0.0129 e. The molecular weight excluding hydrogens is 236 g/mol. The zero-order chi connectivity index (χ0) is 14.1. The zero-order valence-corrected chi connectivity index (χ0v) is 13.7. The number of hydrogen-bond acceptors (Lipinski definition) is 1. The third-order valence-electron chi connectivity index (χ3n) is 3.31. The average molecular weight is 262 g/mol. The Morgan fingerprint density at radius 1 is 0.889 bits per heavy atom. The molecule has 0 saturated carbocycles. The highest BCUT2D eigenvalue weighted by molar-refractivity contribution is 7.83. The van der Waals surface area contributed by atoms with Gasteiger partial charge < -0.3 is 0 Å². The highest BCUT2D eigenvalue weighted by atomic mass is 32.1. The molecular formula is C17H26S. The van der Waals surface area contributed by atoms with E-state index in [1.807, 2.05) is 5.41 Å². The highest BCUT2D eigenvalue weighted by Crippen LogP contribution is 2.34. The molecule has 0 aliphatic rings. The molecule has 0 heterocycles. The largest absolute Gasteiger partial charge is 0.151 e. The van der Waals surface area contributed by atoms with Crippen molar-refractivity contribution < 1.29 is 0 Å². The molecule has 0 spiro atoms. The Morgan fingerprint density at radius 2 is 1.28 bits per heavy atom. The van der Waals surface area contributed by atoms with Gasteiger partial charge in [0.15, 0.2) is 0 Å². The molecule has 1 aromatic rings. The minimum absolute atomic E-state index is 0.171. The van der Waals surface area contributed by atoms with Crippen LogP contribution in [0.4, 0.5) is 0 Å². The van der Waals surface area contributed by atoms with Gasteiger partial charge in [-0.05, 0) is 51.5 Å². The van der Waals surface area contributed by atoms with Gasteiger partial charge in [0.2, 0.25) is 0 Å². The second-order valence-corrected chi connectivity index (χ2v) is 7.35. The Balaban J connectivity index is 3.59. The number of hydrogen-bond donors (Lipinski definition) is 1. The topological polar surface area (TPSA) is 0 Å². The van der Waals surface area contributed by atoms with Crippen LogP contribution in [0.3, 0.4) is 0 Å². The van der Waals surface area contributed by atoms with Crippen LogP contribution in [0.15, 0.2) is 17.5 Å². The second-order valence-electron chi connectivity index (χ2n) is 7.06. The Labute approximate surface area is 118 Å². The number of thiol groups is 1. The van der Waals surface area contributed by atoms with E-state index in [4.69, 9.17) is 0 Å². The van der Waals surface area contributed by atoms with Crippen molar-refractivity contribution in [2.75, 3.05) is 0 Å². The Hall–Kier alpha value is -0.690. The summed E-state index contributed by atoms with van der Waals surface area (Å²) in [7, 11) is 0. The van der Waals surface area contributed by atoms with Crippen LogP contribution in [-0.4, -0.2) is 0 Å². The Bertz CT molecular complexity index is 418. The predicted molar refractivity (Wildman–Crippen MR) is 86.6 cm³/mol. The summed E-state index contributed by atoms with van der Waals surface area (Å²) in [6.45, 7) is 15.9. The minimum atomic E-state index is 0.171. The molecule has 0 fully saturated rings. The fraction of sp³-hybridized carbons (Fsp3) is 0.529. The summed E-state index contributed by atoms with van der Waals surface area (Å²) in [5.41, 5.74) is 5.86. The van der Waals surface area contributed by atoms with E-state index < -0.39 is 0 Å². The second kappa shape index (κ2) is 5.13. The molecule has 1 heteroatoms. The maximum Gasteiger partial charge on any atom is -0.0129 e. The van der Waals surface area contributed by atoms with Gasteiger partial charge in [0, 0.05) is 0 Å². The Kier molecular flexibility index (Phi) is 4.38. The van der Waals surface area contributed by atoms with Crippen molar-refractivity contribution >= 4 is 18.7 Å². The van der Waals surface area contributed by atoms with Gasteiger partial charge in [0.05, 0.1) is 0 Å². The lowest BCUT2D eigenvalue weighted by atomic mass is 9.76. The van der Waals surface area contributed by atoms with E-state index in [1.54, 1.807) is 0 Å². The standard InChI is InChI=1S/C17H26S/c1-12-14(16(2,3)4)10-13(8-9-18)11-15(12)17(5,6)7/h8-11,18H,1-7H3. The lowest BCUT2D eigenvalue weighted by Crippen LogP contribution is -2.19. The third-order valence-corrected chi connectivity index (χ3v) is 3.46. The van der Waals surface area contributed by atoms with E-state index in [-0.39, 0.29) is 10.8 Å². The molecule has 18 heavy (non-hydrogen) atoms. The molecule has 0 N–H and O–H groups in total. The molecule has 0 nitrogen and oxygen atoms in total. The van der Waals surface area contributed by atoms with E-state index in [1.165, 1.54) is 22.3 Å². The summed E-state index contributed by atoms with van der Waals surface area (Å²) in [6.07, 6.45) is 2.06. The summed E-state index contributed by atoms with van der Waals surface area (Å²) in [6, 6.07) is 4.58. The van der Waals surface area contributed by atoms with Crippen molar-refractivity contribution in [2.45, 2.75) is 59.3 Å². The van der Waals surface area contributed by atoms with Crippen molar-refractivity contribution in [2.24, 2.45) is 0 Å². The number of benzene rings is 1. The van der Waals surface area contributed by atoms with E-state index in [9.17, 15) is 0 Å². The molecule has 1 rings (SSSR count). The van der Waals surface area contributed by atoms with Crippen LogP contribution in [0.1, 0.15) is 63.8 Å². The predicted octanol–water partition coefficient (Wildman–Crippen LogP) is 5.49. The number of rotatable bonds is 1. The maximum absolute atomic E-state index is 4.19. The van der Waals surface area contributed by atoms with Crippen LogP contribution in [0.25, 0.3) is 6.08 Å². The van der Waals surface area contributed by atoms with Crippen LogP contribution in [0.2, 0.25) is 0 Å². The quantitative estimate of drug-likeness (QED) is 0.636. The molecule has 0 aliphatic carbocycles. The molecule has 1 aromatic carbocycles. The lowest BCUT2D eigenvalue weighted by molar-refractivity contribution is 0.561. The Morgan fingerprint density at radius 3 is 1.56 bits per heavy atom. The first-order chi connectivity index (χ1) is 8.07. The van der Waals surface area contributed by atoms with Gasteiger partial charge in [-0.1, -0.05) is 53.7 Å². The van der Waals surface area contributed by atoms with Crippen LogP contribution in [0.5, 0.6) is 0 Å². The van der Waals surface area contributed by atoms with Gasteiger partial charge in [-0.25, -0.2) is 0 Å². The molecule has 0 unspecified atom stereocenters.